The van der Waals surface area contributed by atoms with Crippen molar-refractivity contribution in [3.8, 4) is 0 Å². The summed E-state index contributed by atoms with van der Waals surface area (Å²) in [5.74, 6) is 0. The largest absolute Gasteiger partial charge is 0.398 e. The molecule has 0 saturated heterocycles. The third kappa shape index (κ3) is 2.93. The van der Waals surface area contributed by atoms with E-state index < -0.39 is 4.92 Å². The van der Waals surface area contributed by atoms with Gasteiger partial charge in [-0.1, -0.05) is 18.5 Å². The number of non-ortho nitro benzene ring substituents is 1. The topological polar surface area (TPSA) is 81.5 Å². The van der Waals surface area contributed by atoms with E-state index in [1.807, 2.05) is 6.92 Å². The summed E-state index contributed by atoms with van der Waals surface area (Å²) in [6.45, 7) is 2.53. The standard InChI is InChI=1S/C10H12ClN3O2/c1-2-5-13-10(11)8-6-7(14(15)16)3-4-9(8)12/h3-4,6H,2,5,12H2,1H3. The van der Waals surface area contributed by atoms with Gasteiger partial charge in [0, 0.05) is 29.9 Å². The first-order valence-electron chi connectivity index (χ1n) is 4.80. The van der Waals surface area contributed by atoms with Crippen LogP contribution in [0.1, 0.15) is 18.9 Å². The Bertz CT molecular complexity index is 432. The first-order valence-corrected chi connectivity index (χ1v) is 5.18. The highest BCUT2D eigenvalue weighted by atomic mass is 35.5. The fraction of sp³-hybridized carbons (Fsp3) is 0.300. The van der Waals surface area contributed by atoms with Crippen LogP contribution in [0.15, 0.2) is 23.2 Å². The molecule has 0 fully saturated rings. The number of aliphatic imine (C=N–C) groups is 1. The summed E-state index contributed by atoms with van der Waals surface area (Å²) in [6, 6.07) is 4.12. The zero-order valence-electron chi connectivity index (χ0n) is 8.81. The molecule has 0 unspecified atom stereocenters. The van der Waals surface area contributed by atoms with Crippen LogP contribution in [-0.2, 0) is 0 Å². The van der Waals surface area contributed by atoms with Gasteiger partial charge in [0.15, 0.2) is 0 Å². The lowest BCUT2D eigenvalue weighted by molar-refractivity contribution is -0.384. The quantitative estimate of drug-likeness (QED) is 0.381. The predicted octanol–water partition coefficient (Wildman–Crippen LogP) is 2.57. The van der Waals surface area contributed by atoms with Crippen LogP contribution in [0, 0.1) is 10.1 Å². The molecule has 0 saturated carbocycles. The molecule has 2 N–H and O–H groups in total. The van der Waals surface area contributed by atoms with E-state index in [0.717, 1.165) is 6.42 Å². The number of halogens is 1. The molecule has 0 aliphatic rings. The van der Waals surface area contributed by atoms with Crippen molar-refractivity contribution in [3.05, 3.63) is 33.9 Å². The van der Waals surface area contributed by atoms with Gasteiger partial charge in [-0.15, -0.1) is 0 Å². The van der Waals surface area contributed by atoms with Gasteiger partial charge in [-0.05, 0) is 12.5 Å². The van der Waals surface area contributed by atoms with E-state index in [9.17, 15) is 10.1 Å². The number of rotatable bonds is 4. The molecule has 0 radical (unpaired) electrons. The number of nitrogen functional groups attached to an aromatic ring is 1. The molecule has 5 nitrogen and oxygen atoms in total. The Hall–Kier alpha value is -1.62. The summed E-state index contributed by atoms with van der Waals surface area (Å²) in [7, 11) is 0. The number of nitrogens with zero attached hydrogens (tertiary/aromatic N) is 2. The van der Waals surface area contributed by atoms with Crippen LogP contribution in [0.5, 0.6) is 0 Å². The molecular formula is C10H12ClN3O2. The molecule has 0 aliphatic heterocycles. The normalized spacial score (nSPS) is 11.5. The second kappa shape index (κ2) is 5.46. The van der Waals surface area contributed by atoms with Gasteiger partial charge in [-0.2, -0.15) is 0 Å². The van der Waals surface area contributed by atoms with Crippen LogP contribution in [0.4, 0.5) is 11.4 Å². The minimum absolute atomic E-state index is 0.0472. The van der Waals surface area contributed by atoms with E-state index in [-0.39, 0.29) is 10.9 Å². The molecule has 1 rings (SSSR count). The number of hydrogen-bond donors (Lipinski definition) is 1. The van der Waals surface area contributed by atoms with E-state index in [2.05, 4.69) is 4.99 Å². The Labute approximate surface area is 98.1 Å². The molecule has 0 bridgehead atoms. The maximum atomic E-state index is 10.6. The van der Waals surface area contributed by atoms with Gasteiger partial charge >= 0.3 is 0 Å². The number of hydrogen-bond acceptors (Lipinski definition) is 4. The number of nitro benzene ring substituents is 1. The van der Waals surface area contributed by atoms with Crippen molar-refractivity contribution in [2.75, 3.05) is 12.3 Å². The maximum Gasteiger partial charge on any atom is 0.270 e. The Morgan fingerprint density at radius 1 is 1.62 bits per heavy atom. The maximum absolute atomic E-state index is 10.6. The highest BCUT2D eigenvalue weighted by molar-refractivity contribution is 6.70. The molecule has 16 heavy (non-hydrogen) atoms. The summed E-state index contributed by atoms with van der Waals surface area (Å²) in [5, 5.41) is 10.8. The lowest BCUT2D eigenvalue weighted by Crippen LogP contribution is -2.01. The molecular weight excluding hydrogens is 230 g/mol. The zero-order chi connectivity index (χ0) is 12.1. The van der Waals surface area contributed by atoms with Crippen molar-refractivity contribution < 1.29 is 4.92 Å². The average Bonchev–Trinajstić information content (AvgIpc) is 2.26. The van der Waals surface area contributed by atoms with Crippen LogP contribution < -0.4 is 5.73 Å². The molecule has 0 heterocycles. The van der Waals surface area contributed by atoms with Gasteiger partial charge in [0.1, 0.15) is 5.17 Å². The monoisotopic (exact) mass is 241 g/mol. The van der Waals surface area contributed by atoms with E-state index >= 15 is 0 Å². The van der Waals surface area contributed by atoms with Crippen LogP contribution in [-0.4, -0.2) is 16.6 Å². The van der Waals surface area contributed by atoms with Crippen molar-refractivity contribution >= 4 is 28.1 Å². The summed E-state index contributed by atoms with van der Waals surface area (Å²) in [4.78, 5) is 14.1. The highest BCUT2D eigenvalue weighted by Gasteiger charge is 2.11. The van der Waals surface area contributed by atoms with Crippen LogP contribution in [0.2, 0.25) is 0 Å². The van der Waals surface area contributed by atoms with Gasteiger partial charge in [-0.25, -0.2) is 0 Å². The van der Waals surface area contributed by atoms with Crippen molar-refractivity contribution in [2.45, 2.75) is 13.3 Å². The summed E-state index contributed by atoms with van der Waals surface area (Å²) >= 11 is 5.91. The lowest BCUT2D eigenvalue weighted by atomic mass is 10.1. The van der Waals surface area contributed by atoms with E-state index in [4.69, 9.17) is 17.3 Å². The highest BCUT2D eigenvalue weighted by Crippen LogP contribution is 2.21. The molecule has 0 aliphatic carbocycles. The molecule has 6 heteroatoms. The number of nitro groups is 1. The van der Waals surface area contributed by atoms with E-state index in [0.29, 0.717) is 17.8 Å². The summed E-state index contributed by atoms with van der Waals surface area (Å²) in [5.41, 5.74) is 6.42. The average molecular weight is 242 g/mol. The van der Waals surface area contributed by atoms with Gasteiger partial charge in [0.05, 0.1) is 4.92 Å². The molecule has 0 aromatic heterocycles. The smallest absolute Gasteiger partial charge is 0.270 e. The van der Waals surface area contributed by atoms with Crippen LogP contribution in [0.25, 0.3) is 0 Å². The Balaban J connectivity index is 3.11. The van der Waals surface area contributed by atoms with Crippen molar-refractivity contribution in [2.24, 2.45) is 4.99 Å². The van der Waals surface area contributed by atoms with E-state index in [1.165, 1.54) is 18.2 Å². The molecule has 0 atom stereocenters. The van der Waals surface area contributed by atoms with E-state index in [1.54, 1.807) is 0 Å². The minimum Gasteiger partial charge on any atom is -0.398 e. The van der Waals surface area contributed by atoms with Gasteiger partial charge < -0.3 is 5.73 Å². The number of anilines is 1. The van der Waals surface area contributed by atoms with Gasteiger partial charge in [-0.3, -0.25) is 15.1 Å². The lowest BCUT2D eigenvalue weighted by Gasteiger charge is -2.03. The molecule has 86 valence electrons. The Morgan fingerprint density at radius 3 is 2.88 bits per heavy atom. The number of nitrogens with two attached hydrogens (primary N) is 1. The fourth-order valence-corrected chi connectivity index (χ4v) is 1.38. The van der Waals surface area contributed by atoms with Crippen molar-refractivity contribution in [1.29, 1.82) is 0 Å². The first kappa shape index (κ1) is 12.4. The van der Waals surface area contributed by atoms with Gasteiger partial charge in [0.25, 0.3) is 5.69 Å². The Morgan fingerprint density at radius 2 is 2.31 bits per heavy atom. The predicted molar refractivity (Wildman–Crippen MR) is 65.1 cm³/mol. The van der Waals surface area contributed by atoms with Crippen molar-refractivity contribution in [1.82, 2.24) is 0 Å². The van der Waals surface area contributed by atoms with Crippen LogP contribution in [0.3, 0.4) is 0 Å². The number of benzene rings is 1. The first-order chi connectivity index (χ1) is 7.56. The van der Waals surface area contributed by atoms with Crippen LogP contribution >= 0.6 is 11.6 Å². The zero-order valence-corrected chi connectivity index (χ0v) is 9.57. The second-order valence-electron chi connectivity index (χ2n) is 3.20. The molecule has 1 aromatic rings. The minimum atomic E-state index is -0.493. The molecule has 0 spiro atoms. The Kier molecular flexibility index (Phi) is 4.25. The second-order valence-corrected chi connectivity index (χ2v) is 3.56. The molecule has 0 amide bonds. The SMILES string of the molecule is CCCN=C(Cl)c1cc([N+](=O)[O-])ccc1N. The summed E-state index contributed by atoms with van der Waals surface area (Å²) in [6.07, 6.45) is 0.852. The fourth-order valence-electron chi connectivity index (χ4n) is 1.13. The van der Waals surface area contributed by atoms with Crippen molar-refractivity contribution in [3.63, 3.8) is 0 Å². The third-order valence-corrected chi connectivity index (χ3v) is 2.27. The molecule has 1 aromatic carbocycles. The summed E-state index contributed by atoms with van der Waals surface area (Å²) < 4.78 is 0. The van der Waals surface area contributed by atoms with Gasteiger partial charge in [0.2, 0.25) is 0 Å². The third-order valence-electron chi connectivity index (χ3n) is 1.94.